The summed E-state index contributed by atoms with van der Waals surface area (Å²) in [7, 11) is 3.16. The fourth-order valence-corrected chi connectivity index (χ4v) is 2.57. The molecule has 2 aromatic rings. The Morgan fingerprint density at radius 3 is 2.80 bits per heavy atom. The van der Waals surface area contributed by atoms with Gasteiger partial charge in [-0.05, 0) is 30.5 Å². The van der Waals surface area contributed by atoms with Gasteiger partial charge in [0.2, 0.25) is 0 Å². The van der Waals surface area contributed by atoms with E-state index in [0.29, 0.717) is 17.2 Å². The zero-order valence-electron chi connectivity index (χ0n) is 11.5. The number of nitrogens with zero attached hydrogens (tertiary/aromatic N) is 3. The Kier molecular flexibility index (Phi) is 3.31. The molecule has 6 heteroatoms. The number of aromatic nitrogens is 3. The van der Waals surface area contributed by atoms with E-state index in [1.807, 2.05) is 10.7 Å². The van der Waals surface area contributed by atoms with Crippen LogP contribution in [0, 0.1) is 0 Å². The fourth-order valence-electron chi connectivity index (χ4n) is 2.57. The lowest BCUT2D eigenvalue weighted by Crippen LogP contribution is -2.04. The predicted octanol–water partition coefficient (Wildman–Crippen LogP) is 1.32. The Bertz CT molecular complexity index is 624. The molecule has 0 saturated carbocycles. The van der Waals surface area contributed by atoms with E-state index in [1.165, 1.54) is 0 Å². The Labute approximate surface area is 116 Å². The number of benzene rings is 1. The summed E-state index contributed by atoms with van der Waals surface area (Å²) in [5.74, 6) is 1.23. The fraction of sp³-hybridized carbons (Fsp3) is 0.429. The Balaban J connectivity index is 1.95. The van der Waals surface area contributed by atoms with Crippen LogP contribution >= 0.6 is 0 Å². The molecule has 1 atom stereocenters. The van der Waals surface area contributed by atoms with Crippen molar-refractivity contribution in [1.82, 2.24) is 15.0 Å². The largest absolute Gasteiger partial charge is 0.493 e. The van der Waals surface area contributed by atoms with Gasteiger partial charge in [0, 0.05) is 6.54 Å². The van der Waals surface area contributed by atoms with Crippen LogP contribution in [0.25, 0.3) is 0 Å². The van der Waals surface area contributed by atoms with Crippen LogP contribution in [0.4, 0.5) is 0 Å². The van der Waals surface area contributed by atoms with Gasteiger partial charge in [0.25, 0.3) is 0 Å². The number of aliphatic hydroxyl groups is 1. The molecule has 6 nitrogen and oxygen atoms in total. The number of aliphatic hydroxyl groups excluding tert-OH is 1. The summed E-state index contributed by atoms with van der Waals surface area (Å²) < 4.78 is 12.3. The van der Waals surface area contributed by atoms with Gasteiger partial charge in [-0.25, -0.2) is 4.68 Å². The average molecular weight is 275 g/mol. The highest BCUT2D eigenvalue weighted by molar-refractivity contribution is 5.45. The van der Waals surface area contributed by atoms with Crippen molar-refractivity contribution < 1.29 is 14.6 Å². The number of methoxy groups -OCH3 is 2. The minimum atomic E-state index is -0.795. The molecular weight excluding hydrogens is 258 g/mol. The number of fused-ring (bicyclic) bond motifs is 1. The lowest BCUT2D eigenvalue weighted by molar-refractivity contribution is 0.213. The first kappa shape index (κ1) is 12.9. The second-order valence-corrected chi connectivity index (χ2v) is 4.77. The highest BCUT2D eigenvalue weighted by Gasteiger charge is 2.25. The molecule has 106 valence electrons. The van der Waals surface area contributed by atoms with Crippen LogP contribution in [0.1, 0.15) is 29.5 Å². The number of aryl methyl sites for hydroxylation is 1. The minimum absolute atomic E-state index is 0.591. The Hall–Kier alpha value is -2.08. The summed E-state index contributed by atoms with van der Waals surface area (Å²) in [6.07, 6.45) is 1.17. The number of hydrogen-bond acceptors (Lipinski definition) is 5. The molecule has 3 rings (SSSR count). The molecule has 0 bridgehead atoms. The molecule has 20 heavy (non-hydrogen) atoms. The third-order valence-corrected chi connectivity index (χ3v) is 3.63. The van der Waals surface area contributed by atoms with Gasteiger partial charge in [-0.1, -0.05) is 11.3 Å². The van der Waals surface area contributed by atoms with E-state index in [2.05, 4.69) is 10.3 Å². The molecule has 1 aromatic heterocycles. The Morgan fingerprint density at radius 2 is 2.05 bits per heavy atom. The van der Waals surface area contributed by atoms with E-state index in [0.717, 1.165) is 30.6 Å². The quantitative estimate of drug-likeness (QED) is 0.911. The van der Waals surface area contributed by atoms with Gasteiger partial charge in [0.05, 0.1) is 19.9 Å². The van der Waals surface area contributed by atoms with Gasteiger partial charge in [-0.2, -0.15) is 0 Å². The molecule has 1 aromatic carbocycles. The van der Waals surface area contributed by atoms with Crippen LogP contribution in [0.15, 0.2) is 18.2 Å². The summed E-state index contributed by atoms with van der Waals surface area (Å²) in [5.41, 5.74) is 2.37. The van der Waals surface area contributed by atoms with Crippen molar-refractivity contribution in [3.63, 3.8) is 0 Å². The first-order valence-corrected chi connectivity index (χ1v) is 6.57. The zero-order valence-corrected chi connectivity index (χ0v) is 11.5. The number of rotatable bonds is 4. The zero-order chi connectivity index (χ0) is 14.1. The first-order valence-electron chi connectivity index (χ1n) is 6.57. The summed E-state index contributed by atoms with van der Waals surface area (Å²) in [6.45, 7) is 0.876. The van der Waals surface area contributed by atoms with Crippen LogP contribution in [0.3, 0.4) is 0 Å². The third-order valence-electron chi connectivity index (χ3n) is 3.63. The van der Waals surface area contributed by atoms with Crippen LogP contribution in [-0.2, 0) is 13.0 Å². The second kappa shape index (κ2) is 5.13. The lowest BCUT2D eigenvalue weighted by Gasteiger charge is -2.13. The van der Waals surface area contributed by atoms with Crippen molar-refractivity contribution in [3.8, 4) is 11.5 Å². The maximum absolute atomic E-state index is 10.5. The van der Waals surface area contributed by atoms with E-state index in [-0.39, 0.29) is 0 Å². The summed E-state index contributed by atoms with van der Waals surface area (Å²) >= 11 is 0. The summed E-state index contributed by atoms with van der Waals surface area (Å²) in [6, 6.07) is 5.36. The molecule has 0 spiro atoms. The molecule has 0 amide bonds. The van der Waals surface area contributed by atoms with Crippen molar-refractivity contribution in [3.05, 3.63) is 35.2 Å². The van der Waals surface area contributed by atoms with E-state index in [9.17, 15) is 5.11 Å². The van der Waals surface area contributed by atoms with Crippen LogP contribution in [0.5, 0.6) is 11.5 Å². The predicted molar refractivity (Wildman–Crippen MR) is 72.0 cm³/mol. The minimum Gasteiger partial charge on any atom is -0.493 e. The first-order chi connectivity index (χ1) is 9.74. The van der Waals surface area contributed by atoms with Gasteiger partial charge in [0.1, 0.15) is 11.8 Å². The summed E-state index contributed by atoms with van der Waals surface area (Å²) in [5, 5.41) is 18.7. The second-order valence-electron chi connectivity index (χ2n) is 4.77. The van der Waals surface area contributed by atoms with Gasteiger partial charge in [-0.15, -0.1) is 5.10 Å². The van der Waals surface area contributed by atoms with Crippen molar-refractivity contribution in [2.24, 2.45) is 0 Å². The molecule has 0 saturated heterocycles. The number of ether oxygens (including phenoxy) is 2. The number of hydrogen-bond donors (Lipinski definition) is 1. The van der Waals surface area contributed by atoms with Crippen molar-refractivity contribution in [2.45, 2.75) is 25.5 Å². The highest BCUT2D eigenvalue weighted by atomic mass is 16.5. The average Bonchev–Trinajstić information content (AvgIpc) is 3.08. The van der Waals surface area contributed by atoms with E-state index < -0.39 is 6.10 Å². The van der Waals surface area contributed by atoms with Crippen LogP contribution in [-0.4, -0.2) is 34.3 Å². The lowest BCUT2D eigenvalue weighted by atomic mass is 10.0. The molecule has 0 fully saturated rings. The van der Waals surface area contributed by atoms with E-state index >= 15 is 0 Å². The van der Waals surface area contributed by atoms with E-state index in [4.69, 9.17) is 9.47 Å². The normalized spacial score (nSPS) is 14.9. The van der Waals surface area contributed by atoms with E-state index in [1.54, 1.807) is 26.4 Å². The molecule has 1 unspecified atom stereocenters. The smallest absolute Gasteiger partial charge is 0.161 e. The molecule has 1 aliphatic heterocycles. The molecule has 2 heterocycles. The standard InChI is InChI=1S/C14H17N3O3/c1-19-11-6-5-9(8-12(11)20-2)14(18)13-10-4-3-7-17(10)16-15-13/h5-6,8,14,18H,3-4,7H2,1-2H3. The van der Waals surface area contributed by atoms with Gasteiger partial charge < -0.3 is 14.6 Å². The molecule has 0 aliphatic carbocycles. The highest BCUT2D eigenvalue weighted by Crippen LogP contribution is 2.33. The molecule has 0 radical (unpaired) electrons. The topological polar surface area (TPSA) is 69.4 Å². The summed E-state index contributed by atoms with van der Waals surface area (Å²) in [4.78, 5) is 0. The van der Waals surface area contributed by atoms with Crippen molar-refractivity contribution in [1.29, 1.82) is 0 Å². The molecule has 1 aliphatic rings. The van der Waals surface area contributed by atoms with Crippen molar-refractivity contribution in [2.75, 3.05) is 14.2 Å². The van der Waals surface area contributed by atoms with Crippen molar-refractivity contribution >= 4 is 0 Å². The Morgan fingerprint density at radius 1 is 1.25 bits per heavy atom. The van der Waals surface area contributed by atoms with Gasteiger partial charge in [-0.3, -0.25) is 0 Å². The SMILES string of the molecule is COc1ccc(C(O)c2nnn3c2CCC3)cc1OC. The van der Waals surface area contributed by atoms with Gasteiger partial charge >= 0.3 is 0 Å². The maximum atomic E-state index is 10.5. The van der Waals surface area contributed by atoms with Crippen LogP contribution in [0.2, 0.25) is 0 Å². The van der Waals surface area contributed by atoms with Gasteiger partial charge in [0.15, 0.2) is 11.5 Å². The monoisotopic (exact) mass is 275 g/mol. The molecule has 1 N–H and O–H groups in total. The molecular formula is C14H17N3O3. The van der Waals surface area contributed by atoms with Crippen LogP contribution < -0.4 is 9.47 Å². The maximum Gasteiger partial charge on any atom is 0.161 e. The third kappa shape index (κ3) is 2.02.